The number of hydrogen-bond donors (Lipinski definition) is 0. The first-order chi connectivity index (χ1) is 5.24. The van der Waals surface area contributed by atoms with Crippen LogP contribution in [0.3, 0.4) is 0 Å². The minimum absolute atomic E-state index is 0.190. The summed E-state index contributed by atoms with van der Waals surface area (Å²) in [4.78, 5) is 3.52. The van der Waals surface area contributed by atoms with E-state index >= 15 is 0 Å². The summed E-state index contributed by atoms with van der Waals surface area (Å²) < 4.78 is 18.2. The topological polar surface area (TPSA) is 22.1 Å². The van der Waals surface area contributed by atoms with Gasteiger partial charge in [-0.05, 0) is 35.0 Å². The third kappa shape index (κ3) is 2.15. The van der Waals surface area contributed by atoms with E-state index in [1.54, 1.807) is 13.0 Å². The fourth-order valence-electron chi connectivity index (χ4n) is 0.663. The van der Waals surface area contributed by atoms with Gasteiger partial charge in [-0.15, -0.1) is 0 Å². The molecule has 11 heavy (non-hydrogen) atoms. The first-order valence-corrected chi connectivity index (χ1v) is 3.98. The molecule has 60 valence electrons. The van der Waals surface area contributed by atoms with Gasteiger partial charge in [0.15, 0.2) is 5.75 Å². The van der Waals surface area contributed by atoms with Gasteiger partial charge in [-0.25, -0.2) is 4.98 Å². The van der Waals surface area contributed by atoms with Crippen molar-refractivity contribution < 1.29 is 9.13 Å². The van der Waals surface area contributed by atoms with Gasteiger partial charge in [0.2, 0.25) is 0 Å². The predicted octanol–water partition coefficient (Wildman–Crippen LogP) is 2.38. The van der Waals surface area contributed by atoms with Crippen LogP contribution in [0.15, 0.2) is 16.7 Å². The molecule has 1 aromatic rings. The molecule has 0 aliphatic heterocycles. The van der Waals surface area contributed by atoms with Crippen molar-refractivity contribution in [1.82, 2.24) is 4.98 Å². The van der Waals surface area contributed by atoms with E-state index in [1.807, 2.05) is 0 Å². The van der Waals surface area contributed by atoms with Crippen LogP contribution in [-0.2, 0) is 0 Å². The van der Waals surface area contributed by atoms with E-state index in [-0.39, 0.29) is 5.75 Å². The summed E-state index contributed by atoms with van der Waals surface area (Å²) in [6.45, 7) is 2.24. The fraction of sp³-hybridized carbons (Fsp3) is 0.286. The van der Waals surface area contributed by atoms with E-state index in [4.69, 9.17) is 4.74 Å². The molecular weight excluding hydrogens is 213 g/mol. The second kappa shape index (κ2) is 3.67. The zero-order valence-corrected chi connectivity index (χ0v) is 7.56. The molecule has 4 heteroatoms. The Labute approximate surface area is 72.5 Å². The Morgan fingerprint density at radius 2 is 2.36 bits per heavy atom. The average molecular weight is 220 g/mol. The molecule has 0 N–H and O–H groups in total. The lowest BCUT2D eigenvalue weighted by Gasteiger charge is -2.02. The predicted molar refractivity (Wildman–Crippen MR) is 43.1 cm³/mol. The van der Waals surface area contributed by atoms with Crippen molar-refractivity contribution in [3.05, 3.63) is 22.7 Å². The van der Waals surface area contributed by atoms with Gasteiger partial charge in [0.25, 0.3) is 5.95 Å². The third-order valence-electron chi connectivity index (χ3n) is 1.08. The Hall–Kier alpha value is -0.640. The molecule has 0 aromatic carbocycles. The van der Waals surface area contributed by atoms with Crippen molar-refractivity contribution in [2.75, 3.05) is 6.61 Å². The molecule has 0 saturated heterocycles. The molecule has 0 unspecified atom stereocenters. The van der Waals surface area contributed by atoms with Crippen molar-refractivity contribution >= 4 is 15.9 Å². The van der Waals surface area contributed by atoms with Crippen molar-refractivity contribution in [2.45, 2.75) is 6.92 Å². The number of nitrogens with zero attached hydrogens (tertiary/aromatic N) is 1. The van der Waals surface area contributed by atoms with E-state index in [0.717, 1.165) is 0 Å². The molecule has 1 rings (SSSR count). The first-order valence-electron chi connectivity index (χ1n) is 3.19. The second-order valence-corrected chi connectivity index (χ2v) is 2.67. The Morgan fingerprint density at radius 3 is 2.91 bits per heavy atom. The minimum Gasteiger partial charge on any atom is -0.489 e. The molecule has 0 bridgehead atoms. The number of rotatable bonds is 2. The minimum atomic E-state index is -0.582. The number of ether oxygens (including phenoxy) is 1. The van der Waals surface area contributed by atoms with Crippen LogP contribution in [-0.4, -0.2) is 11.6 Å². The summed E-state index contributed by atoms with van der Waals surface area (Å²) in [7, 11) is 0. The summed E-state index contributed by atoms with van der Waals surface area (Å²) >= 11 is 3.04. The van der Waals surface area contributed by atoms with Crippen LogP contribution in [0.5, 0.6) is 5.75 Å². The Balaban J connectivity index is 2.90. The first kappa shape index (κ1) is 8.46. The van der Waals surface area contributed by atoms with E-state index in [0.29, 0.717) is 11.2 Å². The van der Waals surface area contributed by atoms with Gasteiger partial charge in [-0.2, -0.15) is 4.39 Å². The Morgan fingerprint density at radius 1 is 1.64 bits per heavy atom. The van der Waals surface area contributed by atoms with Crippen LogP contribution in [0, 0.1) is 5.95 Å². The quantitative estimate of drug-likeness (QED) is 0.714. The smallest absolute Gasteiger partial charge is 0.256 e. The highest BCUT2D eigenvalue weighted by Crippen LogP contribution is 2.17. The molecule has 1 aromatic heterocycles. The van der Waals surface area contributed by atoms with E-state index in [1.165, 1.54) is 6.07 Å². The van der Waals surface area contributed by atoms with Gasteiger partial charge in [0.1, 0.15) is 4.60 Å². The van der Waals surface area contributed by atoms with Crippen molar-refractivity contribution in [3.63, 3.8) is 0 Å². The van der Waals surface area contributed by atoms with Gasteiger partial charge in [-0.3, -0.25) is 0 Å². The maximum absolute atomic E-state index is 12.8. The van der Waals surface area contributed by atoms with Crippen LogP contribution in [0.1, 0.15) is 6.92 Å². The maximum atomic E-state index is 12.8. The summed E-state index contributed by atoms with van der Waals surface area (Å²) in [5.41, 5.74) is 0. The lowest BCUT2D eigenvalue weighted by atomic mass is 10.4. The van der Waals surface area contributed by atoms with Gasteiger partial charge >= 0.3 is 0 Å². The zero-order chi connectivity index (χ0) is 8.27. The summed E-state index contributed by atoms with van der Waals surface area (Å²) in [5.74, 6) is -0.392. The molecule has 0 aliphatic carbocycles. The lowest BCUT2D eigenvalue weighted by Crippen LogP contribution is -1.96. The highest BCUT2D eigenvalue weighted by atomic mass is 79.9. The Bertz CT molecular complexity index is 254. The van der Waals surface area contributed by atoms with Crippen LogP contribution >= 0.6 is 15.9 Å². The van der Waals surface area contributed by atoms with Gasteiger partial charge < -0.3 is 4.74 Å². The molecular formula is C7H7BrFNO. The third-order valence-corrected chi connectivity index (χ3v) is 1.52. The zero-order valence-electron chi connectivity index (χ0n) is 5.97. The van der Waals surface area contributed by atoms with Crippen LogP contribution < -0.4 is 4.74 Å². The normalized spacial score (nSPS) is 9.73. The van der Waals surface area contributed by atoms with Crippen LogP contribution in [0.4, 0.5) is 4.39 Å². The van der Waals surface area contributed by atoms with Crippen molar-refractivity contribution in [3.8, 4) is 5.75 Å². The lowest BCUT2D eigenvalue weighted by molar-refractivity contribution is 0.316. The van der Waals surface area contributed by atoms with Gasteiger partial charge in [0, 0.05) is 0 Å². The van der Waals surface area contributed by atoms with E-state index in [2.05, 4.69) is 20.9 Å². The summed E-state index contributed by atoms with van der Waals surface area (Å²) in [6, 6.07) is 3.17. The van der Waals surface area contributed by atoms with Crippen LogP contribution in [0.25, 0.3) is 0 Å². The average Bonchev–Trinajstić information content (AvgIpc) is 1.95. The van der Waals surface area contributed by atoms with E-state index < -0.39 is 5.95 Å². The SMILES string of the molecule is CCOc1ccc(Br)nc1F. The molecule has 0 atom stereocenters. The standard InChI is InChI=1S/C7H7BrFNO/c1-2-11-5-3-4-6(8)10-7(5)9/h3-4H,2H2,1H3. The Kier molecular flexibility index (Phi) is 2.82. The second-order valence-electron chi connectivity index (χ2n) is 1.86. The number of halogens is 2. The number of hydrogen-bond acceptors (Lipinski definition) is 2. The van der Waals surface area contributed by atoms with Gasteiger partial charge in [0.05, 0.1) is 6.61 Å². The molecule has 0 amide bonds. The number of pyridine rings is 1. The molecule has 0 saturated carbocycles. The monoisotopic (exact) mass is 219 g/mol. The van der Waals surface area contributed by atoms with Crippen molar-refractivity contribution in [2.24, 2.45) is 0 Å². The summed E-state index contributed by atoms with van der Waals surface area (Å²) in [5, 5.41) is 0. The molecule has 2 nitrogen and oxygen atoms in total. The fourth-order valence-corrected chi connectivity index (χ4v) is 0.950. The largest absolute Gasteiger partial charge is 0.489 e. The van der Waals surface area contributed by atoms with Crippen LogP contribution in [0.2, 0.25) is 0 Å². The molecule has 0 fully saturated rings. The molecule has 0 aliphatic rings. The molecule has 0 spiro atoms. The molecule has 0 radical (unpaired) electrons. The highest BCUT2D eigenvalue weighted by molar-refractivity contribution is 9.10. The highest BCUT2D eigenvalue weighted by Gasteiger charge is 2.03. The number of aromatic nitrogens is 1. The van der Waals surface area contributed by atoms with Gasteiger partial charge in [-0.1, -0.05) is 0 Å². The molecule has 1 heterocycles. The van der Waals surface area contributed by atoms with E-state index in [9.17, 15) is 4.39 Å². The van der Waals surface area contributed by atoms with Crippen molar-refractivity contribution in [1.29, 1.82) is 0 Å². The maximum Gasteiger partial charge on any atom is 0.256 e. The summed E-state index contributed by atoms with van der Waals surface area (Å²) in [6.07, 6.45) is 0.